The van der Waals surface area contributed by atoms with E-state index in [2.05, 4.69) is 15.3 Å². The third-order valence-corrected chi connectivity index (χ3v) is 2.51. The summed E-state index contributed by atoms with van der Waals surface area (Å²) in [7, 11) is 0. The number of hydroxylamine groups is 1. The van der Waals surface area contributed by atoms with Crippen LogP contribution in [0.4, 0.5) is 19.0 Å². The van der Waals surface area contributed by atoms with Crippen molar-refractivity contribution in [1.82, 2.24) is 19.8 Å². The number of anilines is 1. The Morgan fingerprint density at radius 3 is 2.72 bits per heavy atom. The number of nitrogens with zero attached hydrogens (tertiary/aromatic N) is 5. The highest BCUT2D eigenvalue weighted by Gasteiger charge is 2.37. The van der Waals surface area contributed by atoms with E-state index in [1.807, 2.05) is 0 Å². The Morgan fingerprint density at radius 1 is 1.22 bits per heavy atom. The van der Waals surface area contributed by atoms with E-state index in [0.717, 1.165) is 6.42 Å². The van der Waals surface area contributed by atoms with Gasteiger partial charge in [0.05, 0.1) is 6.61 Å². The molecule has 6 nitrogen and oxygen atoms in total. The number of halogens is 3. The number of alkyl halides is 3. The lowest BCUT2D eigenvalue weighted by Gasteiger charge is -2.14. The number of hydrogen-bond acceptors (Lipinski definition) is 5. The summed E-state index contributed by atoms with van der Waals surface area (Å²) in [5.74, 6) is -0.830. The van der Waals surface area contributed by atoms with Crippen molar-refractivity contribution in [2.45, 2.75) is 12.6 Å². The maximum absolute atomic E-state index is 12.7. The largest absolute Gasteiger partial charge is 0.453 e. The first-order chi connectivity index (χ1) is 8.55. The highest BCUT2D eigenvalue weighted by molar-refractivity contribution is 5.44. The summed E-state index contributed by atoms with van der Waals surface area (Å²) in [5.41, 5.74) is 0.0465. The van der Waals surface area contributed by atoms with Crippen molar-refractivity contribution in [3.05, 3.63) is 18.0 Å². The SMILES string of the molecule is FC(F)(F)c1nnc2ccc(N3CCCO3)nn12. The van der Waals surface area contributed by atoms with Crippen molar-refractivity contribution in [3.63, 3.8) is 0 Å². The van der Waals surface area contributed by atoms with Gasteiger partial charge in [-0.1, -0.05) is 0 Å². The predicted molar refractivity (Wildman–Crippen MR) is 53.7 cm³/mol. The predicted octanol–water partition coefficient (Wildman–Crippen LogP) is 1.28. The normalized spacial score (nSPS) is 16.7. The third-order valence-electron chi connectivity index (χ3n) is 2.51. The van der Waals surface area contributed by atoms with Crippen molar-refractivity contribution in [2.24, 2.45) is 0 Å². The van der Waals surface area contributed by atoms with Gasteiger partial charge in [-0.25, -0.2) is 5.06 Å². The van der Waals surface area contributed by atoms with Crippen molar-refractivity contribution in [2.75, 3.05) is 18.2 Å². The molecule has 0 aliphatic carbocycles. The Labute approximate surface area is 98.9 Å². The molecular formula is C9H8F3N5O. The van der Waals surface area contributed by atoms with E-state index in [-0.39, 0.29) is 5.65 Å². The Hall–Kier alpha value is -1.90. The second kappa shape index (κ2) is 3.80. The van der Waals surface area contributed by atoms with Gasteiger partial charge in [0, 0.05) is 6.54 Å². The van der Waals surface area contributed by atoms with Gasteiger partial charge in [0.2, 0.25) is 0 Å². The van der Waals surface area contributed by atoms with E-state index < -0.39 is 12.0 Å². The van der Waals surface area contributed by atoms with Crippen LogP contribution in [0.2, 0.25) is 0 Å². The first-order valence-corrected chi connectivity index (χ1v) is 5.26. The summed E-state index contributed by atoms with van der Waals surface area (Å²) in [6.07, 6.45) is -3.77. The maximum Gasteiger partial charge on any atom is 0.453 e. The number of hydrogen-bond donors (Lipinski definition) is 0. The molecule has 2 aromatic rings. The molecule has 0 amide bonds. The lowest BCUT2D eigenvalue weighted by atomic mass is 10.4. The summed E-state index contributed by atoms with van der Waals surface area (Å²) in [4.78, 5) is 5.23. The average molecular weight is 259 g/mol. The molecule has 0 radical (unpaired) electrons. The number of rotatable bonds is 1. The molecule has 0 bridgehead atoms. The van der Waals surface area contributed by atoms with Gasteiger partial charge >= 0.3 is 6.18 Å². The standard InChI is InChI=1S/C9H8F3N5O/c10-9(11,12)8-14-13-6-2-3-7(15-17(6)8)16-4-1-5-18-16/h2-3H,1,4-5H2. The lowest BCUT2D eigenvalue weighted by molar-refractivity contribution is -0.146. The van der Waals surface area contributed by atoms with Crippen LogP contribution in [0, 0.1) is 0 Å². The smallest absolute Gasteiger partial charge is 0.272 e. The van der Waals surface area contributed by atoms with Gasteiger partial charge in [-0.2, -0.15) is 17.7 Å². The fraction of sp³-hybridized carbons (Fsp3) is 0.444. The molecule has 96 valence electrons. The van der Waals surface area contributed by atoms with Crippen LogP contribution >= 0.6 is 0 Å². The molecule has 1 aliphatic heterocycles. The van der Waals surface area contributed by atoms with Crippen molar-refractivity contribution < 1.29 is 18.0 Å². The van der Waals surface area contributed by atoms with E-state index in [9.17, 15) is 13.2 Å². The lowest BCUT2D eigenvalue weighted by Crippen LogP contribution is -2.20. The molecule has 3 heterocycles. The molecule has 3 rings (SSSR count). The molecule has 0 aromatic carbocycles. The summed E-state index contributed by atoms with van der Waals surface area (Å²) in [5, 5.41) is 11.8. The Kier molecular flexibility index (Phi) is 2.37. The first kappa shape index (κ1) is 11.2. The minimum absolute atomic E-state index is 0.0465. The quantitative estimate of drug-likeness (QED) is 0.772. The van der Waals surface area contributed by atoms with Gasteiger partial charge < -0.3 is 0 Å². The number of aromatic nitrogens is 4. The van der Waals surface area contributed by atoms with Crippen molar-refractivity contribution >= 4 is 11.5 Å². The molecule has 0 unspecified atom stereocenters. The fourth-order valence-corrected chi connectivity index (χ4v) is 1.72. The topological polar surface area (TPSA) is 55.5 Å². The summed E-state index contributed by atoms with van der Waals surface area (Å²) >= 11 is 0. The Balaban J connectivity index is 2.09. The summed E-state index contributed by atoms with van der Waals surface area (Å²) in [6.45, 7) is 1.13. The average Bonchev–Trinajstić information content (AvgIpc) is 2.96. The van der Waals surface area contributed by atoms with Crippen LogP contribution in [0.15, 0.2) is 12.1 Å². The number of fused-ring (bicyclic) bond motifs is 1. The van der Waals surface area contributed by atoms with Gasteiger partial charge in [-0.15, -0.1) is 15.3 Å². The third kappa shape index (κ3) is 1.76. The second-order valence-electron chi connectivity index (χ2n) is 3.77. The van der Waals surface area contributed by atoms with E-state index >= 15 is 0 Å². The molecule has 1 aliphatic rings. The van der Waals surface area contributed by atoms with Gasteiger partial charge in [0.1, 0.15) is 0 Å². The van der Waals surface area contributed by atoms with E-state index in [1.165, 1.54) is 11.1 Å². The first-order valence-electron chi connectivity index (χ1n) is 5.26. The van der Waals surface area contributed by atoms with Gasteiger partial charge in [-0.05, 0) is 18.6 Å². The molecular weight excluding hydrogens is 251 g/mol. The summed E-state index contributed by atoms with van der Waals surface area (Å²) < 4.78 is 38.6. The molecule has 0 saturated carbocycles. The van der Waals surface area contributed by atoms with Crippen LogP contribution in [-0.2, 0) is 11.0 Å². The van der Waals surface area contributed by atoms with E-state index in [0.29, 0.717) is 23.5 Å². The van der Waals surface area contributed by atoms with Gasteiger partial charge in [0.15, 0.2) is 11.5 Å². The molecule has 0 N–H and O–H groups in total. The van der Waals surface area contributed by atoms with Gasteiger partial charge in [0.25, 0.3) is 5.82 Å². The maximum atomic E-state index is 12.7. The molecule has 1 fully saturated rings. The minimum Gasteiger partial charge on any atom is -0.272 e. The fourth-order valence-electron chi connectivity index (χ4n) is 1.72. The zero-order valence-corrected chi connectivity index (χ0v) is 9.05. The highest BCUT2D eigenvalue weighted by Crippen LogP contribution is 2.28. The molecule has 1 saturated heterocycles. The monoisotopic (exact) mass is 259 g/mol. The molecule has 0 atom stereocenters. The van der Waals surface area contributed by atoms with E-state index in [1.54, 1.807) is 6.07 Å². The van der Waals surface area contributed by atoms with E-state index in [4.69, 9.17) is 4.84 Å². The van der Waals surface area contributed by atoms with Crippen LogP contribution in [0.3, 0.4) is 0 Å². The van der Waals surface area contributed by atoms with Crippen LogP contribution in [0.25, 0.3) is 5.65 Å². The van der Waals surface area contributed by atoms with Crippen LogP contribution in [0.5, 0.6) is 0 Å². The molecule has 9 heteroatoms. The van der Waals surface area contributed by atoms with Gasteiger partial charge in [-0.3, -0.25) is 4.84 Å². The zero-order valence-electron chi connectivity index (χ0n) is 9.05. The molecule has 2 aromatic heterocycles. The Morgan fingerprint density at radius 2 is 2.06 bits per heavy atom. The molecule has 18 heavy (non-hydrogen) atoms. The second-order valence-corrected chi connectivity index (χ2v) is 3.77. The van der Waals surface area contributed by atoms with Crippen LogP contribution in [0.1, 0.15) is 12.2 Å². The van der Waals surface area contributed by atoms with Crippen LogP contribution < -0.4 is 5.06 Å². The zero-order chi connectivity index (χ0) is 12.8. The van der Waals surface area contributed by atoms with Crippen molar-refractivity contribution in [1.29, 1.82) is 0 Å². The Bertz CT molecular complexity index is 575. The summed E-state index contributed by atoms with van der Waals surface area (Å²) in [6, 6.07) is 2.97. The van der Waals surface area contributed by atoms with Crippen LogP contribution in [-0.4, -0.2) is 33.0 Å². The minimum atomic E-state index is -4.59. The molecule has 0 spiro atoms. The highest BCUT2D eigenvalue weighted by atomic mass is 19.4. The van der Waals surface area contributed by atoms with Crippen molar-refractivity contribution in [3.8, 4) is 0 Å².